The van der Waals surface area contributed by atoms with Crippen molar-refractivity contribution < 1.29 is 68.1 Å². The number of aliphatic hydroxyl groups excluding tert-OH is 7. The summed E-state index contributed by atoms with van der Waals surface area (Å²) in [6.07, 6.45) is -17.0. The molecular weight excluding hydrogens is 543 g/mol. The molecule has 0 bridgehead atoms. The van der Waals surface area contributed by atoms with Gasteiger partial charge in [-0.05, 0) is 24.3 Å². The number of rotatable bonds is 10. The molecule has 5 unspecified atom stereocenters. The van der Waals surface area contributed by atoms with Crippen molar-refractivity contribution in [2.75, 3.05) is 13.2 Å². The first-order chi connectivity index (χ1) is 18.6. The average molecular weight is 574 g/mol. The SMILES string of the molecule is O=P(OCC1O[C@H](O[C@H]2OC(CO)[C@@H](O)[C@H](O)C2O)C(O)C(O)[C@@H]1O)(Oc1ccccc1)Oc1ccccc1. The van der Waals surface area contributed by atoms with Gasteiger partial charge in [0.2, 0.25) is 0 Å². The van der Waals surface area contributed by atoms with Gasteiger partial charge in [-0.15, -0.1) is 0 Å². The van der Waals surface area contributed by atoms with E-state index < -0.39 is 82.4 Å². The van der Waals surface area contributed by atoms with Gasteiger partial charge in [0.05, 0.1) is 13.2 Å². The molecule has 4 rings (SSSR count). The third kappa shape index (κ3) is 7.13. The molecular formula is C24H31O14P. The number of phosphoric ester groups is 1. The largest absolute Gasteiger partial charge is 0.587 e. The third-order valence-electron chi connectivity index (χ3n) is 6.10. The van der Waals surface area contributed by atoms with E-state index in [-0.39, 0.29) is 11.5 Å². The van der Waals surface area contributed by atoms with E-state index in [1.807, 2.05) is 0 Å². The maximum absolute atomic E-state index is 13.5. The lowest BCUT2D eigenvalue weighted by atomic mass is 9.98. The lowest BCUT2D eigenvalue weighted by Crippen LogP contribution is -2.63. The van der Waals surface area contributed by atoms with Crippen LogP contribution in [0.5, 0.6) is 11.5 Å². The highest BCUT2D eigenvalue weighted by atomic mass is 31.2. The molecule has 0 radical (unpaired) electrons. The highest BCUT2D eigenvalue weighted by molar-refractivity contribution is 7.49. The second kappa shape index (κ2) is 13.0. The summed E-state index contributed by atoms with van der Waals surface area (Å²) in [5.41, 5.74) is 0. The van der Waals surface area contributed by atoms with E-state index in [0.717, 1.165) is 0 Å². The smallest absolute Gasteiger partial charge is 0.395 e. The van der Waals surface area contributed by atoms with Crippen molar-refractivity contribution in [1.29, 1.82) is 0 Å². The van der Waals surface area contributed by atoms with Crippen LogP contribution in [0.4, 0.5) is 0 Å². The summed E-state index contributed by atoms with van der Waals surface area (Å²) in [5, 5.41) is 70.8. The minimum absolute atomic E-state index is 0.154. The normalized spacial score (nSPS) is 35.4. The summed E-state index contributed by atoms with van der Waals surface area (Å²) in [5.74, 6) is 0.308. The molecule has 0 spiro atoms. The predicted molar refractivity (Wildman–Crippen MR) is 129 cm³/mol. The molecule has 7 N–H and O–H groups in total. The quantitative estimate of drug-likeness (QED) is 0.168. The number of ether oxygens (including phenoxy) is 3. The van der Waals surface area contributed by atoms with Crippen LogP contribution in [0, 0.1) is 0 Å². The first kappa shape index (κ1) is 29.8. The maximum Gasteiger partial charge on any atom is 0.587 e. The van der Waals surface area contributed by atoms with Crippen LogP contribution in [0.15, 0.2) is 60.7 Å². The molecule has 39 heavy (non-hydrogen) atoms. The van der Waals surface area contributed by atoms with E-state index in [1.165, 1.54) is 24.3 Å². The molecule has 0 saturated carbocycles. The number of phosphoric acid groups is 1. The van der Waals surface area contributed by atoms with Crippen LogP contribution in [0.25, 0.3) is 0 Å². The number of aliphatic hydroxyl groups is 7. The summed E-state index contributed by atoms with van der Waals surface area (Å²) >= 11 is 0. The molecule has 2 aliphatic rings. The van der Waals surface area contributed by atoms with E-state index in [9.17, 15) is 40.3 Å². The summed E-state index contributed by atoms with van der Waals surface area (Å²) in [4.78, 5) is 0. The minimum Gasteiger partial charge on any atom is -0.395 e. The maximum atomic E-state index is 13.5. The molecule has 14 nitrogen and oxygen atoms in total. The Bertz CT molecular complexity index is 1030. The molecule has 2 fully saturated rings. The van der Waals surface area contributed by atoms with Crippen molar-refractivity contribution in [2.45, 2.75) is 61.4 Å². The van der Waals surface area contributed by atoms with E-state index >= 15 is 0 Å². The number of hydrogen-bond donors (Lipinski definition) is 7. The van der Waals surface area contributed by atoms with Crippen molar-refractivity contribution in [3.8, 4) is 11.5 Å². The molecule has 2 saturated heterocycles. The predicted octanol–water partition coefficient (Wildman–Crippen LogP) is -1.11. The first-order valence-electron chi connectivity index (χ1n) is 12.0. The lowest BCUT2D eigenvalue weighted by molar-refractivity contribution is -0.376. The Morgan fingerprint density at radius 2 is 1.08 bits per heavy atom. The van der Waals surface area contributed by atoms with Gasteiger partial charge in [-0.2, -0.15) is 0 Å². The highest BCUT2D eigenvalue weighted by Crippen LogP contribution is 2.50. The zero-order chi connectivity index (χ0) is 28.2. The second-order valence-electron chi connectivity index (χ2n) is 8.90. The molecule has 15 heteroatoms. The van der Waals surface area contributed by atoms with Crippen molar-refractivity contribution in [1.82, 2.24) is 0 Å². The van der Waals surface area contributed by atoms with Crippen molar-refractivity contribution >= 4 is 7.82 Å². The molecule has 2 aliphatic heterocycles. The Morgan fingerprint density at radius 1 is 0.641 bits per heavy atom. The summed E-state index contributed by atoms with van der Waals surface area (Å²) in [6.45, 7) is -1.41. The topological polar surface area (TPSA) is 214 Å². The molecule has 10 atom stereocenters. The molecule has 2 heterocycles. The monoisotopic (exact) mass is 574 g/mol. The zero-order valence-corrected chi connectivity index (χ0v) is 21.3. The van der Waals surface area contributed by atoms with Crippen molar-refractivity contribution in [2.24, 2.45) is 0 Å². The number of benzene rings is 2. The van der Waals surface area contributed by atoms with E-state index in [0.29, 0.717) is 0 Å². The van der Waals surface area contributed by atoms with Gasteiger partial charge < -0.3 is 59.0 Å². The van der Waals surface area contributed by atoms with Crippen LogP contribution in [0.1, 0.15) is 0 Å². The number of hydrogen-bond acceptors (Lipinski definition) is 14. The lowest BCUT2D eigenvalue weighted by Gasteiger charge is -2.44. The van der Waals surface area contributed by atoms with Crippen LogP contribution in [0.2, 0.25) is 0 Å². The fourth-order valence-electron chi connectivity index (χ4n) is 3.94. The van der Waals surface area contributed by atoms with E-state index in [1.54, 1.807) is 36.4 Å². The van der Waals surface area contributed by atoms with Gasteiger partial charge in [0.25, 0.3) is 0 Å². The second-order valence-corrected chi connectivity index (χ2v) is 10.4. The summed E-state index contributed by atoms with van der Waals surface area (Å²) in [6, 6.07) is 16.0. The van der Waals surface area contributed by atoms with Gasteiger partial charge in [0.1, 0.15) is 60.3 Å². The van der Waals surface area contributed by atoms with Crippen LogP contribution in [-0.2, 0) is 23.3 Å². The fraction of sp³-hybridized carbons (Fsp3) is 0.500. The molecule has 0 aromatic heterocycles. The van der Waals surface area contributed by atoms with Gasteiger partial charge in [0.15, 0.2) is 12.6 Å². The van der Waals surface area contributed by atoms with E-state index in [4.69, 9.17) is 27.8 Å². The fourth-order valence-corrected chi connectivity index (χ4v) is 5.17. The summed E-state index contributed by atoms with van der Waals surface area (Å²) < 4.78 is 46.1. The molecule has 0 aliphatic carbocycles. The average Bonchev–Trinajstić information content (AvgIpc) is 2.93. The van der Waals surface area contributed by atoms with Gasteiger partial charge in [0, 0.05) is 0 Å². The Balaban J connectivity index is 1.47. The van der Waals surface area contributed by atoms with E-state index in [2.05, 4.69) is 0 Å². The first-order valence-corrected chi connectivity index (χ1v) is 13.5. The van der Waals surface area contributed by atoms with Crippen molar-refractivity contribution in [3.63, 3.8) is 0 Å². The number of para-hydroxylation sites is 2. The van der Waals surface area contributed by atoms with Gasteiger partial charge >= 0.3 is 7.82 Å². The zero-order valence-electron chi connectivity index (χ0n) is 20.4. The van der Waals surface area contributed by atoms with Crippen LogP contribution >= 0.6 is 7.82 Å². The van der Waals surface area contributed by atoms with Gasteiger partial charge in [-0.3, -0.25) is 4.52 Å². The summed E-state index contributed by atoms with van der Waals surface area (Å²) in [7, 11) is -4.41. The minimum atomic E-state index is -4.41. The van der Waals surface area contributed by atoms with Crippen LogP contribution in [-0.4, -0.2) is 110 Å². The van der Waals surface area contributed by atoms with Crippen LogP contribution < -0.4 is 9.05 Å². The molecule has 216 valence electrons. The Labute approximate surface area is 223 Å². The Hall–Kier alpha value is -2.17. The molecule has 0 amide bonds. The Morgan fingerprint density at radius 3 is 1.54 bits per heavy atom. The molecule has 2 aromatic rings. The van der Waals surface area contributed by atoms with Gasteiger partial charge in [-0.25, -0.2) is 4.57 Å². The Kier molecular flexibility index (Phi) is 9.93. The van der Waals surface area contributed by atoms with Gasteiger partial charge in [-0.1, -0.05) is 36.4 Å². The highest BCUT2D eigenvalue weighted by Gasteiger charge is 2.50. The van der Waals surface area contributed by atoms with Crippen LogP contribution in [0.3, 0.4) is 0 Å². The third-order valence-corrected chi connectivity index (χ3v) is 7.44. The molecule has 2 aromatic carbocycles. The van der Waals surface area contributed by atoms with Crippen molar-refractivity contribution in [3.05, 3.63) is 60.7 Å². The standard InChI is InChI=1S/C24H31O14P/c25-11-15-17(26)19(28)21(30)23(34-15)36-24-22(31)20(29)18(27)16(35-24)12-33-39(32,37-13-7-3-1-4-8-13)38-14-9-5-2-6-10-14/h1-10,15-31H,11-12H2/t15?,16?,17-,18-,19+,20?,21?,22?,23-,24-/m1/s1.